The standard InChI is InChI=1S/C16H19NO3S/c1-12-3-2-4-16(9-12)21(18,19)11-15-8-7-14(20-15)10-17-13-5-6-13/h2-4,7-9,13,17H,5-6,10-11H2,1H3. The van der Waals surface area contributed by atoms with Gasteiger partial charge in [-0.2, -0.15) is 0 Å². The zero-order valence-corrected chi connectivity index (χ0v) is 12.8. The molecule has 1 aromatic carbocycles. The first-order chi connectivity index (χ1) is 10.0. The first kappa shape index (κ1) is 14.4. The summed E-state index contributed by atoms with van der Waals surface area (Å²) in [5.41, 5.74) is 0.935. The van der Waals surface area contributed by atoms with Gasteiger partial charge >= 0.3 is 0 Å². The Balaban J connectivity index is 1.69. The number of hydrogen-bond donors (Lipinski definition) is 1. The summed E-state index contributed by atoms with van der Waals surface area (Å²) in [4.78, 5) is 0.344. The van der Waals surface area contributed by atoms with E-state index in [1.807, 2.05) is 19.1 Å². The van der Waals surface area contributed by atoms with E-state index in [1.54, 1.807) is 24.3 Å². The summed E-state index contributed by atoms with van der Waals surface area (Å²) < 4.78 is 30.3. The van der Waals surface area contributed by atoms with Crippen LogP contribution in [0, 0.1) is 6.92 Å². The fraction of sp³-hybridized carbons (Fsp3) is 0.375. The zero-order valence-electron chi connectivity index (χ0n) is 12.0. The second-order valence-electron chi connectivity index (χ2n) is 5.60. The van der Waals surface area contributed by atoms with Crippen LogP contribution in [-0.4, -0.2) is 14.5 Å². The highest BCUT2D eigenvalue weighted by atomic mass is 32.2. The van der Waals surface area contributed by atoms with Gasteiger partial charge in [-0.05, 0) is 49.6 Å². The molecule has 1 fully saturated rings. The molecule has 1 heterocycles. The summed E-state index contributed by atoms with van der Waals surface area (Å²) in [5.74, 6) is 1.18. The van der Waals surface area contributed by atoms with Gasteiger partial charge in [-0.25, -0.2) is 8.42 Å². The molecule has 0 atom stereocenters. The number of benzene rings is 1. The third-order valence-electron chi connectivity index (χ3n) is 3.54. The van der Waals surface area contributed by atoms with Crippen molar-refractivity contribution in [1.29, 1.82) is 0 Å². The lowest BCUT2D eigenvalue weighted by molar-refractivity contribution is 0.455. The van der Waals surface area contributed by atoms with E-state index in [4.69, 9.17) is 4.42 Å². The van der Waals surface area contributed by atoms with Crippen molar-refractivity contribution in [2.24, 2.45) is 0 Å². The Morgan fingerprint density at radius 3 is 2.67 bits per heavy atom. The van der Waals surface area contributed by atoms with Crippen molar-refractivity contribution in [3.05, 3.63) is 53.5 Å². The van der Waals surface area contributed by atoms with Crippen LogP contribution in [0.1, 0.15) is 29.9 Å². The van der Waals surface area contributed by atoms with Gasteiger partial charge in [0, 0.05) is 6.04 Å². The van der Waals surface area contributed by atoms with Crippen LogP contribution in [0.4, 0.5) is 0 Å². The third kappa shape index (κ3) is 3.74. The molecule has 1 saturated carbocycles. The molecular formula is C16H19NO3S. The van der Waals surface area contributed by atoms with Crippen LogP contribution in [0.25, 0.3) is 0 Å². The van der Waals surface area contributed by atoms with Crippen LogP contribution in [0.3, 0.4) is 0 Å². The topological polar surface area (TPSA) is 59.3 Å². The fourth-order valence-electron chi connectivity index (χ4n) is 2.21. The van der Waals surface area contributed by atoms with Crippen molar-refractivity contribution >= 4 is 9.84 Å². The predicted molar refractivity (Wildman–Crippen MR) is 80.6 cm³/mol. The molecule has 1 aliphatic rings. The van der Waals surface area contributed by atoms with Gasteiger partial charge in [-0.15, -0.1) is 0 Å². The highest BCUT2D eigenvalue weighted by Crippen LogP contribution is 2.21. The van der Waals surface area contributed by atoms with Gasteiger partial charge in [0.2, 0.25) is 0 Å². The fourth-order valence-corrected chi connectivity index (χ4v) is 3.55. The molecule has 1 aromatic heterocycles. The maximum atomic E-state index is 12.4. The average molecular weight is 305 g/mol. The van der Waals surface area contributed by atoms with Crippen LogP contribution >= 0.6 is 0 Å². The number of rotatable bonds is 6. The van der Waals surface area contributed by atoms with E-state index in [0.717, 1.165) is 11.3 Å². The van der Waals surface area contributed by atoms with Crippen molar-refractivity contribution in [2.45, 2.75) is 43.0 Å². The first-order valence-electron chi connectivity index (χ1n) is 7.13. The molecule has 0 bridgehead atoms. The van der Waals surface area contributed by atoms with Crippen LogP contribution in [-0.2, 0) is 22.1 Å². The predicted octanol–water partition coefficient (Wildman–Crippen LogP) is 2.81. The van der Waals surface area contributed by atoms with Crippen molar-refractivity contribution in [3.63, 3.8) is 0 Å². The van der Waals surface area contributed by atoms with E-state index in [9.17, 15) is 8.42 Å². The first-order valence-corrected chi connectivity index (χ1v) is 8.78. The summed E-state index contributed by atoms with van der Waals surface area (Å²) >= 11 is 0. The Kier molecular flexibility index (Phi) is 3.87. The normalized spacial score (nSPS) is 15.3. The van der Waals surface area contributed by atoms with Crippen LogP contribution in [0.5, 0.6) is 0 Å². The van der Waals surface area contributed by atoms with Crippen LogP contribution in [0.2, 0.25) is 0 Å². The van der Waals surface area contributed by atoms with E-state index < -0.39 is 9.84 Å². The highest BCUT2D eigenvalue weighted by molar-refractivity contribution is 7.90. The SMILES string of the molecule is Cc1cccc(S(=O)(=O)Cc2ccc(CNC3CC3)o2)c1. The Morgan fingerprint density at radius 1 is 1.19 bits per heavy atom. The minimum atomic E-state index is -3.36. The average Bonchev–Trinajstić information content (AvgIpc) is 3.17. The largest absolute Gasteiger partial charge is 0.464 e. The molecule has 112 valence electrons. The number of hydrogen-bond acceptors (Lipinski definition) is 4. The van der Waals surface area contributed by atoms with Gasteiger partial charge in [-0.1, -0.05) is 12.1 Å². The molecule has 0 radical (unpaired) electrons. The van der Waals surface area contributed by atoms with E-state index >= 15 is 0 Å². The summed E-state index contributed by atoms with van der Waals surface area (Å²) in [6.07, 6.45) is 2.44. The van der Waals surface area contributed by atoms with E-state index in [-0.39, 0.29) is 5.75 Å². The second kappa shape index (κ2) is 5.66. The molecule has 4 nitrogen and oxygen atoms in total. The van der Waals surface area contributed by atoms with Crippen LogP contribution in [0.15, 0.2) is 45.7 Å². The van der Waals surface area contributed by atoms with Crippen molar-refractivity contribution < 1.29 is 12.8 Å². The molecular weight excluding hydrogens is 286 g/mol. The molecule has 0 aliphatic heterocycles. The van der Waals surface area contributed by atoms with Gasteiger partial charge in [0.25, 0.3) is 0 Å². The number of furan rings is 1. The highest BCUT2D eigenvalue weighted by Gasteiger charge is 2.21. The maximum Gasteiger partial charge on any atom is 0.185 e. The molecule has 1 aliphatic carbocycles. The molecule has 5 heteroatoms. The summed E-state index contributed by atoms with van der Waals surface area (Å²) in [6, 6.07) is 11.2. The lowest BCUT2D eigenvalue weighted by Crippen LogP contribution is -2.14. The molecule has 2 aromatic rings. The Morgan fingerprint density at radius 2 is 1.95 bits per heavy atom. The number of aryl methyl sites for hydroxylation is 1. The van der Waals surface area contributed by atoms with Crippen molar-refractivity contribution in [1.82, 2.24) is 5.32 Å². The lowest BCUT2D eigenvalue weighted by atomic mass is 10.2. The van der Waals surface area contributed by atoms with Gasteiger partial charge in [0.05, 0.1) is 11.4 Å². The molecule has 1 N–H and O–H groups in total. The second-order valence-corrected chi connectivity index (χ2v) is 7.59. The minimum Gasteiger partial charge on any atom is -0.464 e. The molecule has 0 saturated heterocycles. The quantitative estimate of drug-likeness (QED) is 0.891. The summed E-state index contributed by atoms with van der Waals surface area (Å²) in [7, 11) is -3.36. The third-order valence-corrected chi connectivity index (χ3v) is 5.18. The Labute approximate surface area is 125 Å². The smallest absolute Gasteiger partial charge is 0.185 e. The molecule has 21 heavy (non-hydrogen) atoms. The Bertz CT molecular complexity index is 729. The molecule has 0 spiro atoms. The zero-order chi connectivity index (χ0) is 14.9. The van der Waals surface area contributed by atoms with Crippen LogP contribution < -0.4 is 5.32 Å². The summed E-state index contributed by atoms with van der Waals surface area (Å²) in [6.45, 7) is 2.54. The monoisotopic (exact) mass is 305 g/mol. The summed E-state index contributed by atoms with van der Waals surface area (Å²) in [5, 5.41) is 3.34. The van der Waals surface area contributed by atoms with E-state index in [0.29, 0.717) is 23.2 Å². The number of sulfone groups is 1. The maximum absolute atomic E-state index is 12.4. The van der Waals surface area contributed by atoms with Gasteiger partial charge in [-0.3, -0.25) is 0 Å². The minimum absolute atomic E-state index is 0.0973. The van der Waals surface area contributed by atoms with Crippen molar-refractivity contribution in [2.75, 3.05) is 0 Å². The van der Waals surface area contributed by atoms with Gasteiger partial charge in [0.15, 0.2) is 9.84 Å². The van der Waals surface area contributed by atoms with Gasteiger partial charge in [0.1, 0.15) is 17.3 Å². The molecule has 0 amide bonds. The van der Waals surface area contributed by atoms with E-state index in [1.165, 1.54) is 12.8 Å². The number of nitrogens with one attached hydrogen (secondary N) is 1. The van der Waals surface area contributed by atoms with E-state index in [2.05, 4.69) is 5.32 Å². The Hall–Kier alpha value is -1.59. The molecule has 0 unspecified atom stereocenters. The van der Waals surface area contributed by atoms with Gasteiger partial charge < -0.3 is 9.73 Å². The lowest BCUT2D eigenvalue weighted by Gasteiger charge is -2.04. The molecule has 3 rings (SSSR count). The van der Waals surface area contributed by atoms with Crippen molar-refractivity contribution in [3.8, 4) is 0 Å².